The normalized spacial score (nSPS) is 23.5. The molecule has 1 N–H and O–H groups in total. The van der Waals surface area contributed by atoms with E-state index in [4.69, 9.17) is 4.98 Å². The van der Waals surface area contributed by atoms with Gasteiger partial charge in [-0.05, 0) is 18.8 Å². The Kier molecular flexibility index (Phi) is 5.06. The highest BCUT2D eigenvalue weighted by atomic mass is 15.1. The van der Waals surface area contributed by atoms with Crippen LogP contribution in [0.25, 0.3) is 0 Å². The number of aliphatic imine (C=N–C) groups is 1. The first-order chi connectivity index (χ1) is 10.8. The summed E-state index contributed by atoms with van der Waals surface area (Å²) in [5, 5.41) is 3.73. The van der Waals surface area contributed by atoms with Gasteiger partial charge in [0.1, 0.15) is 11.6 Å². The van der Waals surface area contributed by atoms with Crippen LogP contribution in [0.4, 0.5) is 11.6 Å². The topological polar surface area (TPSA) is 50.2 Å². The van der Waals surface area contributed by atoms with Crippen molar-refractivity contribution in [3.63, 3.8) is 0 Å². The molecule has 0 aromatic carbocycles. The maximum atomic E-state index is 4.74. The van der Waals surface area contributed by atoms with Crippen LogP contribution >= 0.6 is 0 Å². The first-order valence-corrected chi connectivity index (χ1v) is 8.99. The summed E-state index contributed by atoms with van der Waals surface area (Å²) in [6.45, 7) is 4.39. The van der Waals surface area contributed by atoms with Gasteiger partial charge in [-0.3, -0.25) is 0 Å². The predicted octanol–water partition coefficient (Wildman–Crippen LogP) is 4.46. The maximum Gasteiger partial charge on any atom is 0.160 e. The van der Waals surface area contributed by atoms with E-state index in [1.54, 1.807) is 0 Å². The SMILES string of the molecule is CCCCC1CCCC(Nc2nc(CC)nc3c2CC=N3)C1. The van der Waals surface area contributed by atoms with E-state index in [1.165, 1.54) is 50.5 Å². The van der Waals surface area contributed by atoms with Gasteiger partial charge in [-0.15, -0.1) is 0 Å². The van der Waals surface area contributed by atoms with Gasteiger partial charge in [0.15, 0.2) is 5.82 Å². The van der Waals surface area contributed by atoms with Crippen LogP contribution < -0.4 is 5.32 Å². The summed E-state index contributed by atoms with van der Waals surface area (Å²) in [6.07, 6.45) is 13.1. The second kappa shape index (κ2) is 7.21. The monoisotopic (exact) mass is 300 g/mol. The highest BCUT2D eigenvalue weighted by molar-refractivity contribution is 5.78. The Morgan fingerprint density at radius 3 is 2.95 bits per heavy atom. The summed E-state index contributed by atoms with van der Waals surface area (Å²) in [5.74, 6) is 3.72. The largest absolute Gasteiger partial charge is 0.367 e. The first kappa shape index (κ1) is 15.4. The van der Waals surface area contributed by atoms with Gasteiger partial charge in [0, 0.05) is 30.7 Å². The van der Waals surface area contributed by atoms with Crippen molar-refractivity contribution in [2.24, 2.45) is 10.9 Å². The van der Waals surface area contributed by atoms with Crippen LogP contribution in [0.1, 0.15) is 70.2 Å². The summed E-state index contributed by atoms with van der Waals surface area (Å²) in [7, 11) is 0. The van der Waals surface area contributed by atoms with Crippen molar-refractivity contribution in [1.82, 2.24) is 9.97 Å². The summed E-state index contributed by atoms with van der Waals surface area (Å²) in [6, 6.07) is 0.569. The third-order valence-corrected chi connectivity index (χ3v) is 4.95. The second-order valence-electron chi connectivity index (χ2n) is 6.68. The number of anilines is 1. The molecule has 2 atom stereocenters. The van der Waals surface area contributed by atoms with Crippen LogP contribution in [0, 0.1) is 5.92 Å². The third-order valence-electron chi connectivity index (χ3n) is 4.95. The van der Waals surface area contributed by atoms with Crippen LogP contribution in [0.5, 0.6) is 0 Å². The molecule has 1 aromatic rings. The quantitative estimate of drug-likeness (QED) is 0.844. The highest BCUT2D eigenvalue weighted by Crippen LogP contribution is 2.33. The molecule has 1 aliphatic carbocycles. The minimum atomic E-state index is 0.569. The molecule has 4 heteroatoms. The van der Waals surface area contributed by atoms with Crippen molar-refractivity contribution in [2.45, 2.75) is 77.7 Å². The highest BCUT2D eigenvalue weighted by Gasteiger charge is 2.24. The van der Waals surface area contributed by atoms with E-state index in [9.17, 15) is 0 Å². The molecule has 2 heterocycles. The van der Waals surface area contributed by atoms with E-state index < -0.39 is 0 Å². The number of rotatable bonds is 6. The molecule has 1 aliphatic heterocycles. The van der Waals surface area contributed by atoms with E-state index in [0.29, 0.717) is 6.04 Å². The van der Waals surface area contributed by atoms with Crippen molar-refractivity contribution in [1.29, 1.82) is 0 Å². The number of nitrogens with zero attached hydrogens (tertiary/aromatic N) is 3. The molecule has 1 saturated carbocycles. The molecular formula is C18H28N4. The fourth-order valence-electron chi connectivity index (χ4n) is 3.68. The molecule has 3 rings (SSSR count). The Balaban J connectivity index is 1.69. The van der Waals surface area contributed by atoms with Crippen molar-refractivity contribution >= 4 is 17.9 Å². The smallest absolute Gasteiger partial charge is 0.160 e. The van der Waals surface area contributed by atoms with Crippen molar-refractivity contribution in [2.75, 3.05) is 5.32 Å². The number of fused-ring (bicyclic) bond motifs is 1. The molecule has 2 aliphatic rings. The number of aryl methyl sites for hydroxylation is 1. The third kappa shape index (κ3) is 3.47. The molecular weight excluding hydrogens is 272 g/mol. The lowest BCUT2D eigenvalue weighted by Crippen LogP contribution is -2.28. The Hall–Kier alpha value is -1.45. The van der Waals surface area contributed by atoms with Crippen molar-refractivity contribution in [3.8, 4) is 0 Å². The van der Waals surface area contributed by atoms with Gasteiger partial charge in [0.2, 0.25) is 0 Å². The molecule has 0 saturated heterocycles. The zero-order valence-electron chi connectivity index (χ0n) is 13.9. The van der Waals surface area contributed by atoms with E-state index in [-0.39, 0.29) is 0 Å². The van der Waals surface area contributed by atoms with Gasteiger partial charge in [-0.25, -0.2) is 15.0 Å². The van der Waals surface area contributed by atoms with E-state index >= 15 is 0 Å². The van der Waals surface area contributed by atoms with Gasteiger partial charge in [0.05, 0.1) is 0 Å². The summed E-state index contributed by atoms with van der Waals surface area (Å²) in [5.41, 5.74) is 1.19. The average Bonchev–Trinajstić information content (AvgIpc) is 3.02. The van der Waals surface area contributed by atoms with Crippen molar-refractivity contribution < 1.29 is 0 Å². The zero-order valence-corrected chi connectivity index (χ0v) is 13.9. The number of unbranched alkanes of at least 4 members (excludes halogenated alkanes) is 1. The molecule has 0 amide bonds. The van der Waals surface area contributed by atoms with Crippen LogP contribution in [0.15, 0.2) is 4.99 Å². The molecule has 0 radical (unpaired) electrons. The van der Waals surface area contributed by atoms with Crippen LogP contribution in [0.2, 0.25) is 0 Å². The molecule has 1 aromatic heterocycles. The first-order valence-electron chi connectivity index (χ1n) is 8.99. The molecule has 4 nitrogen and oxygen atoms in total. The fraction of sp³-hybridized carbons (Fsp3) is 0.722. The summed E-state index contributed by atoms with van der Waals surface area (Å²) >= 11 is 0. The predicted molar refractivity (Wildman–Crippen MR) is 92.2 cm³/mol. The van der Waals surface area contributed by atoms with Gasteiger partial charge in [-0.2, -0.15) is 0 Å². The summed E-state index contributed by atoms with van der Waals surface area (Å²) < 4.78 is 0. The maximum absolute atomic E-state index is 4.74. The number of nitrogens with one attached hydrogen (secondary N) is 1. The Bertz CT molecular complexity index is 538. The van der Waals surface area contributed by atoms with Crippen LogP contribution in [-0.2, 0) is 12.8 Å². The molecule has 0 spiro atoms. The number of hydrogen-bond donors (Lipinski definition) is 1. The lowest BCUT2D eigenvalue weighted by molar-refractivity contribution is 0.311. The number of hydrogen-bond acceptors (Lipinski definition) is 4. The summed E-state index contributed by atoms with van der Waals surface area (Å²) in [4.78, 5) is 13.7. The lowest BCUT2D eigenvalue weighted by Gasteiger charge is -2.30. The van der Waals surface area contributed by atoms with E-state index in [1.807, 2.05) is 6.21 Å². The molecule has 22 heavy (non-hydrogen) atoms. The Morgan fingerprint density at radius 2 is 2.14 bits per heavy atom. The van der Waals surface area contributed by atoms with Crippen molar-refractivity contribution in [3.05, 3.63) is 11.4 Å². The minimum Gasteiger partial charge on any atom is -0.367 e. The Labute approximate surface area is 133 Å². The minimum absolute atomic E-state index is 0.569. The fourth-order valence-corrected chi connectivity index (χ4v) is 3.68. The van der Waals surface area contributed by atoms with E-state index in [2.05, 4.69) is 29.1 Å². The second-order valence-corrected chi connectivity index (χ2v) is 6.68. The van der Waals surface area contributed by atoms with Gasteiger partial charge >= 0.3 is 0 Å². The van der Waals surface area contributed by atoms with Crippen LogP contribution in [0.3, 0.4) is 0 Å². The molecule has 2 unspecified atom stereocenters. The van der Waals surface area contributed by atoms with E-state index in [0.717, 1.165) is 36.2 Å². The van der Waals surface area contributed by atoms with Gasteiger partial charge < -0.3 is 5.32 Å². The van der Waals surface area contributed by atoms with Gasteiger partial charge in [-0.1, -0.05) is 46.0 Å². The molecule has 120 valence electrons. The molecule has 1 fully saturated rings. The standard InChI is InChI=1S/C18H28N4/c1-3-5-7-13-8-6-9-14(12-13)20-18-15-10-11-19-17(15)21-16(4-2)22-18/h11,13-14H,3-10,12H2,1-2H3,(H,20,21,22). The number of aromatic nitrogens is 2. The van der Waals surface area contributed by atoms with Crippen LogP contribution in [-0.4, -0.2) is 22.2 Å². The van der Waals surface area contributed by atoms with Gasteiger partial charge in [0.25, 0.3) is 0 Å². The lowest BCUT2D eigenvalue weighted by atomic mass is 9.83. The zero-order chi connectivity index (χ0) is 15.4. The molecule has 0 bridgehead atoms. The average molecular weight is 300 g/mol. The Morgan fingerprint density at radius 1 is 1.23 bits per heavy atom.